The van der Waals surface area contributed by atoms with E-state index in [1.807, 2.05) is 16.8 Å². The Bertz CT molecular complexity index is 1070. The zero-order chi connectivity index (χ0) is 20.0. The number of thioether (sulfide) groups is 1. The molecule has 5 rings (SSSR count). The normalized spacial score (nSPS) is 17.9. The highest BCUT2D eigenvalue weighted by atomic mass is 32.2. The summed E-state index contributed by atoms with van der Waals surface area (Å²) in [5.41, 5.74) is 5.52. The summed E-state index contributed by atoms with van der Waals surface area (Å²) >= 11 is 1.74. The number of benzene rings is 1. The molecular formula is C21H24N6OS. The topological polar surface area (TPSA) is 81.0 Å². The SMILES string of the molecule is COc1ccc(C2=Nn3c(nnc3-c3[nH]nc4c3CCC4)SC2CC(C)C)cc1. The van der Waals surface area contributed by atoms with E-state index in [2.05, 4.69) is 46.4 Å². The van der Waals surface area contributed by atoms with Crippen LogP contribution in [0.1, 0.15) is 43.5 Å². The fourth-order valence-electron chi connectivity index (χ4n) is 4.03. The Morgan fingerprint density at radius 3 is 2.79 bits per heavy atom. The highest BCUT2D eigenvalue weighted by Crippen LogP contribution is 2.37. The van der Waals surface area contributed by atoms with Crippen LogP contribution in [0, 0.1) is 5.92 Å². The lowest BCUT2D eigenvalue weighted by Crippen LogP contribution is -2.26. The van der Waals surface area contributed by atoms with Crippen LogP contribution in [0.4, 0.5) is 0 Å². The summed E-state index contributed by atoms with van der Waals surface area (Å²) in [6.45, 7) is 4.48. The van der Waals surface area contributed by atoms with Crippen LogP contribution in [0.15, 0.2) is 34.5 Å². The molecule has 1 atom stereocenters. The van der Waals surface area contributed by atoms with E-state index < -0.39 is 0 Å². The maximum absolute atomic E-state index is 5.32. The summed E-state index contributed by atoms with van der Waals surface area (Å²) in [5, 5.41) is 22.7. The number of fused-ring (bicyclic) bond motifs is 2. The van der Waals surface area contributed by atoms with Gasteiger partial charge in [-0.1, -0.05) is 25.6 Å². The van der Waals surface area contributed by atoms with Crippen LogP contribution in [0.5, 0.6) is 5.75 Å². The minimum Gasteiger partial charge on any atom is -0.497 e. The molecular weight excluding hydrogens is 384 g/mol. The predicted octanol–water partition coefficient (Wildman–Crippen LogP) is 3.94. The minimum atomic E-state index is 0.237. The molecule has 0 saturated carbocycles. The van der Waals surface area contributed by atoms with Gasteiger partial charge in [-0.25, -0.2) is 0 Å². The second-order valence-electron chi connectivity index (χ2n) is 7.95. The zero-order valence-corrected chi connectivity index (χ0v) is 17.7. The quantitative estimate of drug-likeness (QED) is 0.692. The first-order valence-corrected chi connectivity index (χ1v) is 10.9. The second-order valence-corrected chi connectivity index (χ2v) is 9.12. The molecule has 2 aromatic heterocycles. The van der Waals surface area contributed by atoms with Crippen molar-refractivity contribution in [1.82, 2.24) is 25.1 Å². The van der Waals surface area contributed by atoms with Gasteiger partial charge in [0.25, 0.3) is 0 Å². The van der Waals surface area contributed by atoms with Crippen molar-refractivity contribution < 1.29 is 4.74 Å². The van der Waals surface area contributed by atoms with Gasteiger partial charge in [-0.3, -0.25) is 5.10 Å². The van der Waals surface area contributed by atoms with Gasteiger partial charge in [0.1, 0.15) is 11.4 Å². The van der Waals surface area contributed by atoms with E-state index in [1.165, 1.54) is 5.56 Å². The van der Waals surface area contributed by atoms with Gasteiger partial charge >= 0.3 is 0 Å². The van der Waals surface area contributed by atoms with Gasteiger partial charge in [0.15, 0.2) is 0 Å². The molecule has 2 aliphatic rings. The molecule has 7 nitrogen and oxygen atoms in total. The summed E-state index contributed by atoms with van der Waals surface area (Å²) in [5.74, 6) is 2.15. The highest BCUT2D eigenvalue weighted by molar-refractivity contribution is 8.00. The number of aromatic amines is 1. The number of aryl methyl sites for hydroxylation is 1. The van der Waals surface area contributed by atoms with Gasteiger partial charge in [0.05, 0.1) is 23.8 Å². The Labute approximate surface area is 174 Å². The minimum absolute atomic E-state index is 0.237. The molecule has 1 N–H and O–H groups in total. The third-order valence-corrected chi connectivity index (χ3v) is 6.63. The first-order chi connectivity index (χ1) is 14.1. The lowest BCUT2D eigenvalue weighted by molar-refractivity contribution is 0.415. The maximum atomic E-state index is 5.32. The highest BCUT2D eigenvalue weighted by Gasteiger charge is 2.31. The number of nitrogens with zero attached hydrogens (tertiary/aromatic N) is 5. The summed E-state index contributed by atoms with van der Waals surface area (Å²) < 4.78 is 7.20. The van der Waals surface area contributed by atoms with Gasteiger partial charge in [0.2, 0.25) is 11.0 Å². The number of aromatic nitrogens is 5. The zero-order valence-electron chi connectivity index (χ0n) is 16.8. The monoisotopic (exact) mass is 408 g/mol. The van der Waals surface area contributed by atoms with Gasteiger partial charge < -0.3 is 4.74 Å². The van der Waals surface area contributed by atoms with Crippen molar-refractivity contribution >= 4 is 17.5 Å². The van der Waals surface area contributed by atoms with E-state index in [9.17, 15) is 0 Å². The van der Waals surface area contributed by atoms with Crippen molar-refractivity contribution in [2.75, 3.05) is 7.11 Å². The fraction of sp³-hybridized carbons (Fsp3) is 0.429. The summed E-state index contributed by atoms with van der Waals surface area (Å²) in [7, 11) is 1.68. The predicted molar refractivity (Wildman–Crippen MR) is 114 cm³/mol. The molecule has 0 amide bonds. The van der Waals surface area contributed by atoms with Crippen molar-refractivity contribution in [3.63, 3.8) is 0 Å². The first kappa shape index (κ1) is 18.4. The van der Waals surface area contributed by atoms with Crippen molar-refractivity contribution in [2.45, 2.75) is 49.9 Å². The average molecular weight is 409 g/mol. The summed E-state index contributed by atoms with van der Waals surface area (Å²) in [6.07, 6.45) is 4.23. The van der Waals surface area contributed by atoms with E-state index in [-0.39, 0.29) is 5.25 Å². The van der Waals surface area contributed by atoms with E-state index >= 15 is 0 Å². The molecule has 0 spiro atoms. The van der Waals surface area contributed by atoms with E-state index in [0.29, 0.717) is 5.92 Å². The molecule has 0 saturated heterocycles. The van der Waals surface area contributed by atoms with Crippen LogP contribution in [0.25, 0.3) is 11.5 Å². The Balaban J connectivity index is 1.60. The number of hydrogen-bond donors (Lipinski definition) is 1. The number of methoxy groups -OCH3 is 1. The summed E-state index contributed by atoms with van der Waals surface area (Å²) in [6, 6.07) is 8.13. The van der Waals surface area contributed by atoms with Crippen LogP contribution < -0.4 is 4.74 Å². The molecule has 8 heteroatoms. The fourth-order valence-corrected chi connectivity index (χ4v) is 5.38. The Morgan fingerprint density at radius 2 is 2.03 bits per heavy atom. The number of ether oxygens (including phenoxy) is 1. The molecule has 0 fully saturated rings. The third-order valence-electron chi connectivity index (χ3n) is 5.46. The van der Waals surface area contributed by atoms with Gasteiger partial charge in [-0.15, -0.1) is 10.2 Å². The first-order valence-electron chi connectivity index (χ1n) is 10.1. The molecule has 1 aliphatic carbocycles. The van der Waals surface area contributed by atoms with Gasteiger partial charge in [0, 0.05) is 5.56 Å². The van der Waals surface area contributed by atoms with Crippen molar-refractivity contribution in [3.8, 4) is 17.3 Å². The molecule has 29 heavy (non-hydrogen) atoms. The molecule has 0 radical (unpaired) electrons. The number of rotatable bonds is 5. The van der Waals surface area contributed by atoms with Crippen LogP contribution in [0.2, 0.25) is 0 Å². The largest absolute Gasteiger partial charge is 0.497 e. The van der Waals surface area contributed by atoms with Crippen LogP contribution in [-0.2, 0) is 12.8 Å². The molecule has 1 aliphatic heterocycles. The van der Waals surface area contributed by atoms with Gasteiger partial charge in [-0.2, -0.15) is 14.9 Å². The van der Waals surface area contributed by atoms with Crippen LogP contribution in [-0.4, -0.2) is 43.1 Å². The second kappa shape index (κ2) is 7.33. The standard InChI is InChI=1S/C21H24N6OS/c1-12(2)11-17-18(13-7-9-14(28-3)10-8-13)26-27-20(24-25-21(27)29-17)19-15-5-4-6-16(15)22-23-19/h7-10,12,17H,4-6,11H2,1-3H3,(H,22,23). The Hall–Kier alpha value is -2.61. The van der Waals surface area contributed by atoms with Crippen LogP contribution >= 0.6 is 11.8 Å². The molecule has 1 aromatic carbocycles. The Kier molecular flexibility index (Phi) is 4.66. The smallest absolute Gasteiger partial charge is 0.213 e. The number of H-pyrrole nitrogens is 1. The third kappa shape index (κ3) is 3.25. The van der Waals surface area contributed by atoms with E-state index in [0.717, 1.165) is 65.1 Å². The van der Waals surface area contributed by atoms with Crippen LogP contribution in [0.3, 0.4) is 0 Å². The lowest BCUT2D eigenvalue weighted by atomic mass is 10.00. The molecule has 1 unspecified atom stereocenters. The Morgan fingerprint density at radius 1 is 1.21 bits per heavy atom. The number of hydrogen-bond acceptors (Lipinski definition) is 6. The average Bonchev–Trinajstić information content (AvgIpc) is 3.42. The van der Waals surface area contributed by atoms with Crippen molar-refractivity contribution in [2.24, 2.45) is 11.0 Å². The van der Waals surface area contributed by atoms with Gasteiger partial charge in [-0.05, 0) is 61.4 Å². The maximum Gasteiger partial charge on any atom is 0.213 e. The van der Waals surface area contributed by atoms with E-state index in [1.54, 1.807) is 18.9 Å². The molecule has 0 bridgehead atoms. The summed E-state index contributed by atoms with van der Waals surface area (Å²) in [4.78, 5) is 0. The molecule has 150 valence electrons. The molecule has 3 heterocycles. The molecule has 3 aromatic rings. The van der Waals surface area contributed by atoms with E-state index in [4.69, 9.17) is 9.84 Å². The van der Waals surface area contributed by atoms with Crippen molar-refractivity contribution in [3.05, 3.63) is 41.1 Å². The van der Waals surface area contributed by atoms with Crippen molar-refractivity contribution in [1.29, 1.82) is 0 Å². The lowest BCUT2D eigenvalue weighted by Gasteiger charge is -2.24. The number of nitrogens with one attached hydrogen (secondary N) is 1.